The van der Waals surface area contributed by atoms with E-state index in [9.17, 15) is 5.11 Å². The highest BCUT2D eigenvalue weighted by Gasteiger charge is 2.10. The second-order valence-corrected chi connectivity index (χ2v) is 5.29. The average molecular weight is 263 g/mol. The van der Waals surface area contributed by atoms with Crippen LogP contribution in [0.4, 0.5) is 0 Å². The van der Waals surface area contributed by atoms with Crippen molar-refractivity contribution in [3.8, 4) is 5.88 Å². The smallest absolute Gasteiger partial charge is 0.206 e. The van der Waals surface area contributed by atoms with Crippen LogP contribution in [0, 0.1) is 3.95 Å². The zero-order valence-electron chi connectivity index (χ0n) is 9.31. The quantitative estimate of drug-likeness (QED) is 0.343. The standard InChI is InChI=1S/C10H17NO3S2/c1-2-3-5-8-9(12)11(10(15)16-8)6-4-7-14-13/h12-13H,2-7H2,1H3. The van der Waals surface area contributed by atoms with Crippen LogP contribution in [0.5, 0.6) is 5.88 Å². The van der Waals surface area contributed by atoms with Crippen molar-refractivity contribution in [3.63, 3.8) is 0 Å². The summed E-state index contributed by atoms with van der Waals surface area (Å²) < 4.78 is 2.38. The normalized spacial score (nSPS) is 10.9. The van der Waals surface area contributed by atoms with Crippen molar-refractivity contribution in [1.82, 2.24) is 4.57 Å². The Bertz CT molecular complexity index is 373. The molecule has 0 radical (unpaired) electrons. The van der Waals surface area contributed by atoms with E-state index in [0.29, 0.717) is 16.9 Å². The molecule has 4 nitrogen and oxygen atoms in total. The molecule has 0 aliphatic heterocycles. The molecule has 1 rings (SSSR count). The Balaban J connectivity index is 2.69. The van der Waals surface area contributed by atoms with Crippen LogP contribution in [0.15, 0.2) is 0 Å². The van der Waals surface area contributed by atoms with Crippen molar-refractivity contribution in [3.05, 3.63) is 8.83 Å². The van der Waals surface area contributed by atoms with Gasteiger partial charge < -0.3 is 5.11 Å². The Hall–Kier alpha value is -0.430. The van der Waals surface area contributed by atoms with Crippen molar-refractivity contribution >= 4 is 23.6 Å². The molecule has 16 heavy (non-hydrogen) atoms. The lowest BCUT2D eigenvalue weighted by Crippen LogP contribution is -2.01. The van der Waals surface area contributed by atoms with Crippen molar-refractivity contribution < 1.29 is 15.3 Å². The Morgan fingerprint density at radius 2 is 2.19 bits per heavy atom. The molecular weight excluding hydrogens is 246 g/mol. The summed E-state index contributed by atoms with van der Waals surface area (Å²) >= 11 is 6.64. The summed E-state index contributed by atoms with van der Waals surface area (Å²) in [4.78, 5) is 4.94. The number of aryl methyl sites for hydroxylation is 1. The van der Waals surface area contributed by atoms with E-state index in [1.165, 1.54) is 11.3 Å². The highest BCUT2D eigenvalue weighted by molar-refractivity contribution is 7.73. The summed E-state index contributed by atoms with van der Waals surface area (Å²) in [5.41, 5.74) is 0. The van der Waals surface area contributed by atoms with E-state index in [0.717, 1.165) is 24.1 Å². The molecule has 0 aliphatic carbocycles. The summed E-state index contributed by atoms with van der Waals surface area (Å²) in [6.07, 6.45) is 3.66. The Morgan fingerprint density at radius 1 is 1.44 bits per heavy atom. The van der Waals surface area contributed by atoms with Gasteiger partial charge in [-0.25, -0.2) is 4.89 Å². The van der Waals surface area contributed by atoms with E-state index >= 15 is 0 Å². The number of rotatable bonds is 7. The van der Waals surface area contributed by atoms with Crippen molar-refractivity contribution in [2.75, 3.05) is 6.61 Å². The largest absolute Gasteiger partial charge is 0.494 e. The van der Waals surface area contributed by atoms with Crippen LogP contribution in [0.2, 0.25) is 0 Å². The molecule has 1 aromatic heterocycles. The van der Waals surface area contributed by atoms with Gasteiger partial charge in [-0.1, -0.05) is 13.3 Å². The van der Waals surface area contributed by atoms with Gasteiger partial charge in [0.1, 0.15) is 0 Å². The van der Waals surface area contributed by atoms with E-state index in [4.69, 9.17) is 17.5 Å². The van der Waals surface area contributed by atoms with Gasteiger partial charge >= 0.3 is 0 Å². The Kier molecular flexibility index (Phi) is 5.97. The topological polar surface area (TPSA) is 54.6 Å². The van der Waals surface area contributed by atoms with E-state index in [2.05, 4.69) is 11.8 Å². The summed E-state index contributed by atoms with van der Waals surface area (Å²) in [7, 11) is 0. The summed E-state index contributed by atoms with van der Waals surface area (Å²) in [5.74, 6) is 0.279. The fourth-order valence-corrected chi connectivity index (χ4v) is 2.85. The first-order chi connectivity index (χ1) is 7.70. The number of aromatic hydroxyl groups is 1. The maximum atomic E-state index is 9.94. The lowest BCUT2D eigenvalue weighted by molar-refractivity contribution is -0.243. The maximum Gasteiger partial charge on any atom is 0.206 e. The average Bonchev–Trinajstić information content (AvgIpc) is 2.54. The minimum absolute atomic E-state index is 0.251. The van der Waals surface area contributed by atoms with Crippen molar-refractivity contribution in [1.29, 1.82) is 0 Å². The molecule has 0 aromatic carbocycles. The molecule has 0 atom stereocenters. The van der Waals surface area contributed by atoms with Gasteiger partial charge in [0, 0.05) is 6.54 Å². The third-order valence-electron chi connectivity index (χ3n) is 2.31. The first-order valence-corrected chi connectivity index (χ1v) is 6.61. The minimum atomic E-state index is 0.251. The van der Waals surface area contributed by atoms with Crippen molar-refractivity contribution in [2.24, 2.45) is 0 Å². The number of aromatic nitrogens is 1. The zero-order valence-corrected chi connectivity index (χ0v) is 10.9. The number of nitrogens with zero attached hydrogens (tertiary/aromatic N) is 1. The number of unbranched alkanes of at least 4 members (excludes halogenated alkanes) is 1. The molecule has 0 saturated carbocycles. The fourth-order valence-electron chi connectivity index (χ4n) is 1.43. The molecule has 1 aromatic rings. The number of hydrogen-bond acceptors (Lipinski definition) is 5. The summed E-state index contributed by atoms with van der Waals surface area (Å²) in [6, 6.07) is 0. The molecule has 0 bridgehead atoms. The van der Waals surface area contributed by atoms with Crippen molar-refractivity contribution in [2.45, 2.75) is 39.2 Å². The maximum absolute atomic E-state index is 9.94. The van der Waals surface area contributed by atoms with Crippen LogP contribution >= 0.6 is 23.6 Å². The van der Waals surface area contributed by atoms with Crippen LogP contribution in [-0.4, -0.2) is 21.5 Å². The second kappa shape index (κ2) is 7.01. The molecule has 1 heterocycles. The van der Waals surface area contributed by atoms with Crippen LogP contribution < -0.4 is 0 Å². The third kappa shape index (κ3) is 3.55. The van der Waals surface area contributed by atoms with E-state index in [-0.39, 0.29) is 12.5 Å². The molecule has 0 amide bonds. The lowest BCUT2D eigenvalue weighted by atomic mass is 10.2. The van der Waals surface area contributed by atoms with Crippen LogP contribution in [-0.2, 0) is 17.9 Å². The van der Waals surface area contributed by atoms with Gasteiger partial charge in [-0.3, -0.25) is 9.82 Å². The van der Waals surface area contributed by atoms with Crippen LogP contribution in [0.1, 0.15) is 31.1 Å². The molecular formula is C10H17NO3S2. The molecule has 6 heteroatoms. The van der Waals surface area contributed by atoms with Gasteiger partial charge in [-0.15, -0.1) is 11.3 Å². The highest BCUT2D eigenvalue weighted by atomic mass is 32.1. The Morgan fingerprint density at radius 3 is 2.81 bits per heavy atom. The SMILES string of the molecule is CCCCc1sc(=S)n(CCCOO)c1O. The van der Waals surface area contributed by atoms with Gasteiger partial charge in [-0.05, 0) is 31.5 Å². The molecule has 0 unspecified atom stereocenters. The summed E-state index contributed by atoms with van der Waals surface area (Å²) in [5, 5.41) is 18.1. The molecule has 2 N–H and O–H groups in total. The highest BCUT2D eigenvalue weighted by Crippen LogP contribution is 2.27. The molecule has 0 aliphatic rings. The number of thiazole rings is 1. The second-order valence-electron chi connectivity index (χ2n) is 3.56. The summed E-state index contributed by atoms with van der Waals surface area (Å²) in [6.45, 7) is 2.95. The van der Waals surface area contributed by atoms with E-state index < -0.39 is 0 Å². The molecule has 0 fully saturated rings. The first-order valence-electron chi connectivity index (χ1n) is 5.38. The monoisotopic (exact) mass is 263 g/mol. The van der Waals surface area contributed by atoms with Gasteiger partial charge in [0.05, 0.1) is 11.5 Å². The van der Waals surface area contributed by atoms with E-state index in [1.54, 1.807) is 4.57 Å². The predicted octanol–water partition coefficient (Wildman–Crippen LogP) is 3.21. The van der Waals surface area contributed by atoms with Gasteiger partial charge in [0.2, 0.25) is 5.88 Å². The Labute approximate surface area is 104 Å². The van der Waals surface area contributed by atoms with Gasteiger partial charge in [0.15, 0.2) is 3.95 Å². The van der Waals surface area contributed by atoms with E-state index in [1.807, 2.05) is 0 Å². The first kappa shape index (κ1) is 13.6. The van der Waals surface area contributed by atoms with Gasteiger partial charge in [0.25, 0.3) is 0 Å². The molecule has 92 valence electrons. The van der Waals surface area contributed by atoms with Crippen LogP contribution in [0.3, 0.4) is 0 Å². The fraction of sp³-hybridized carbons (Fsp3) is 0.700. The third-order valence-corrected chi connectivity index (χ3v) is 3.81. The molecule has 0 spiro atoms. The van der Waals surface area contributed by atoms with Gasteiger partial charge in [-0.2, -0.15) is 0 Å². The predicted molar refractivity (Wildman–Crippen MR) is 66.6 cm³/mol. The number of hydrogen-bond donors (Lipinski definition) is 2. The molecule has 0 saturated heterocycles. The van der Waals surface area contributed by atoms with Crippen LogP contribution in [0.25, 0.3) is 0 Å². The minimum Gasteiger partial charge on any atom is -0.494 e. The zero-order chi connectivity index (χ0) is 12.0. The lowest BCUT2D eigenvalue weighted by Gasteiger charge is -2.04.